The summed E-state index contributed by atoms with van der Waals surface area (Å²) in [4.78, 5) is 18.5. The number of nitrogens with zero attached hydrogens (tertiary/aromatic N) is 3. The number of alkyl halides is 3. The van der Waals surface area contributed by atoms with E-state index in [1.807, 2.05) is 12.1 Å². The third kappa shape index (κ3) is 13.1. The van der Waals surface area contributed by atoms with Crippen LogP contribution in [0, 0.1) is 0 Å². The molecule has 7 nitrogen and oxygen atoms in total. The zero-order valence-corrected chi connectivity index (χ0v) is 29.6. The quantitative estimate of drug-likeness (QED) is 0.125. The molecule has 0 spiro atoms. The highest BCUT2D eigenvalue weighted by atomic mass is 35.5. The first-order valence-electron chi connectivity index (χ1n) is 16.1. The van der Waals surface area contributed by atoms with Crippen LogP contribution in [-0.2, 0) is 17.8 Å². The summed E-state index contributed by atoms with van der Waals surface area (Å²) in [5.74, 6) is -1.84. The van der Waals surface area contributed by atoms with Crippen molar-refractivity contribution in [3.8, 4) is 17.0 Å². The van der Waals surface area contributed by atoms with Crippen LogP contribution in [0.4, 0.5) is 18.3 Å². The molecule has 49 heavy (non-hydrogen) atoms. The molecule has 1 saturated heterocycles. The minimum absolute atomic E-state index is 0.596. The number of aliphatic carboxylic acids is 1. The molecule has 0 saturated carbocycles. The van der Waals surface area contributed by atoms with Crippen LogP contribution in [0.3, 0.4) is 0 Å². The number of carbonyl (C=O) groups is 1. The maximum absolute atomic E-state index is 10.6. The number of likely N-dealkylation sites (tertiary alicyclic amines) is 1. The fourth-order valence-electron chi connectivity index (χ4n) is 5.25. The number of hydrogen-bond donors (Lipinski definition) is 2. The SMILES string of the molecule is CN(CCc1ccccc1)c1nc(-c2ccc(OCCCCNC3CCN(Cc4ccc(Cl)c(Cl)c4)CC3)cc2)cs1.O=C(O)C(F)(F)F. The summed E-state index contributed by atoms with van der Waals surface area (Å²) in [6.07, 6.45) is 0.426. The van der Waals surface area contributed by atoms with Gasteiger partial charge in [-0.1, -0.05) is 59.6 Å². The number of aromatic nitrogens is 1. The fraction of sp³-hybridized carbons (Fsp3) is 0.389. The highest BCUT2D eigenvalue weighted by Gasteiger charge is 2.38. The maximum Gasteiger partial charge on any atom is 0.490 e. The first-order valence-corrected chi connectivity index (χ1v) is 17.7. The number of rotatable bonds is 14. The number of piperidine rings is 1. The summed E-state index contributed by atoms with van der Waals surface area (Å²) in [5, 5.41) is 15.3. The van der Waals surface area contributed by atoms with Crippen molar-refractivity contribution in [2.24, 2.45) is 0 Å². The molecular weight excluding hydrogens is 696 g/mol. The van der Waals surface area contributed by atoms with Gasteiger partial charge in [-0.25, -0.2) is 9.78 Å². The van der Waals surface area contributed by atoms with Gasteiger partial charge in [-0.2, -0.15) is 13.2 Å². The Balaban J connectivity index is 0.000000698. The van der Waals surface area contributed by atoms with Gasteiger partial charge in [-0.05, 0) is 99.3 Å². The third-order valence-corrected chi connectivity index (χ3v) is 9.73. The summed E-state index contributed by atoms with van der Waals surface area (Å²) in [6.45, 7) is 5.84. The molecule has 0 radical (unpaired) electrons. The Kier molecular flexibility index (Phi) is 15.0. The Morgan fingerprint density at radius 3 is 2.37 bits per heavy atom. The highest BCUT2D eigenvalue weighted by molar-refractivity contribution is 7.14. The van der Waals surface area contributed by atoms with Gasteiger partial charge in [0.1, 0.15) is 5.75 Å². The van der Waals surface area contributed by atoms with Gasteiger partial charge in [0.2, 0.25) is 0 Å². The molecule has 0 amide bonds. The lowest BCUT2D eigenvalue weighted by atomic mass is 10.0. The largest absolute Gasteiger partial charge is 0.494 e. The van der Waals surface area contributed by atoms with Gasteiger partial charge >= 0.3 is 12.1 Å². The maximum atomic E-state index is 10.6. The molecule has 4 aromatic rings. The minimum atomic E-state index is -5.08. The molecule has 2 heterocycles. The minimum Gasteiger partial charge on any atom is -0.494 e. The molecule has 1 aliphatic rings. The van der Waals surface area contributed by atoms with Gasteiger partial charge in [0.15, 0.2) is 5.13 Å². The lowest BCUT2D eigenvalue weighted by Crippen LogP contribution is -2.42. The third-order valence-electron chi connectivity index (χ3n) is 8.04. The summed E-state index contributed by atoms with van der Waals surface area (Å²) in [7, 11) is 2.11. The number of ether oxygens (including phenoxy) is 1. The van der Waals surface area contributed by atoms with Crippen molar-refractivity contribution in [1.29, 1.82) is 0 Å². The van der Waals surface area contributed by atoms with Gasteiger partial charge in [-0.15, -0.1) is 11.3 Å². The van der Waals surface area contributed by atoms with Gasteiger partial charge < -0.3 is 20.1 Å². The predicted molar refractivity (Wildman–Crippen MR) is 192 cm³/mol. The molecule has 5 rings (SSSR count). The normalized spacial score (nSPS) is 13.8. The second-order valence-corrected chi connectivity index (χ2v) is 13.5. The Morgan fingerprint density at radius 2 is 1.71 bits per heavy atom. The predicted octanol–water partition coefficient (Wildman–Crippen LogP) is 8.84. The Bertz CT molecular complexity index is 1580. The van der Waals surface area contributed by atoms with Crippen LogP contribution in [0.2, 0.25) is 10.0 Å². The molecule has 1 fully saturated rings. The first-order chi connectivity index (χ1) is 23.5. The number of nitrogens with one attached hydrogen (secondary N) is 1. The molecule has 0 unspecified atom stereocenters. The van der Waals surface area contributed by atoms with Crippen LogP contribution in [0.1, 0.15) is 36.8 Å². The van der Waals surface area contributed by atoms with E-state index in [4.69, 9.17) is 42.8 Å². The van der Waals surface area contributed by atoms with Crippen LogP contribution in [0.5, 0.6) is 5.75 Å². The Hall–Kier alpha value is -3.35. The topological polar surface area (TPSA) is 77.9 Å². The molecule has 264 valence electrons. The van der Waals surface area contributed by atoms with Crippen molar-refractivity contribution in [2.45, 2.75) is 50.9 Å². The molecule has 0 aliphatic carbocycles. The van der Waals surface area contributed by atoms with Gasteiger partial charge in [0.05, 0.1) is 22.3 Å². The molecule has 1 aliphatic heterocycles. The summed E-state index contributed by atoms with van der Waals surface area (Å²) < 4.78 is 37.8. The smallest absolute Gasteiger partial charge is 0.490 e. The average molecular weight is 738 g/mol. The number of carboxylic acids is 1. The van der Waals surface area contributed by atoms with Crippen molar-refractivity contribution < 1.29 is 27.8 Å². The van der Waals surface area contributed by atoms with Crippen molar-refractivity contribution >= 4 is 45.6 Å². The van der Waals surface area contributed by atoms with E-state index in [2.05, 4.69) is 88.2 Å². The van der Waals surface area contributed by atoms with E-state index in [-0.39, 0.29) is 0 Å². The Labute approximate surface area is 299 Å². The fourth-order valence-corrected chi connectivity index (χ4v) is 6.39. The first kappa shape index (κ1) is 38.5. The lowest BCUT2D eigenvalue weighted by Gasteiger charge is -2.32. The molecule has 3 aromatic carbocycles. The van der Waals surface area contributed by atoms with Crippen molar-refractivity contribution in [1.82, 2.24) is 15.2 Å². The zero-order valence-electron chi connectivity index (χ0n) is 27.3. The number of halogens is 5. The summed E-state index contributed by atoms with van der Waals surface area (Å²) in [6, 6.07) is 25.4. The van der Waals surface area contributed by atoms with E-state index < -0.39 is 12.1 Å². The van der Waals surface area contributed by atoms with Crippen molar-refractivity contribution in [3.05, 3.63) is 99.3 Å². The van der Waals surface area contributed by atoms with Gasteiger partial charge in [-0.3, -0.25) is 4.90 Å². The number of hydrogen-bond acceptors (Lipinski definition) is 7. The Morgan fingerprint density at radius 1 is 1.02 bits per heavy atom. The molecule has 0 atom stereocenters. The van der Waals surface area contributed by atoms with Crippen LogP contribution in [0.15, 0.2) is 78.2 Å². The molecule has 1 aromatic heterocycles. The van der Waals surface area contributed by atoms with E-state index >= 15 is 0 Å². The zero-order chi connectivity index (χ0) is 35.2. The van der Waals surface area contributed by atoms with Crippen molar-refractivity contribution in [3.63, 3.8) is 0 Å². The highest BCUT2D eigenvalue weighted by Crippen LogP contribution is 2.28. The van der Waals surface area contributed by atoms with E-state index in [0.29, 0.717) is 16.1 Å². The van der Waals surface area contributed by atoms with E-state index in [9.17, 15) is 13.2 Å². The van der Waals surface area contributed by atoms with Crippen LogP contribution in [-0.4, -0.2) is 73.0 Å². The lowest BCUT2D eigenvalue weighted by molar-refractivity contribution is -0.192. The average Bonchev–Trinajstić information content (AvgIpc) is 3.59. The number of anilines is 1. The van der Waals surface area contributed by atoms with Crippen molar-refractivity contribution in [2.75, 3.05) is 44.7 Å². The second kappa shape index (κ2) is 19.2. The summed E-state index contributed by atoms with van der Waals surface area (Å²) in [5.41, 5.74) is 4.70. The molecule has 2 N–H and O–H groups in total. The number of likely N-dealkylation sites (N-methyl/N-ethyl adjacent to an activating group) is 1. The number of thiazole rings is 1. The molecule has 0 bridgehead atoms. The van der Waals surface area contributed by atoms with E-state index in [1.165, 1.54) is 24.0 Å². The second-order valence-electron chi connectivity index (χ2n) is 11.8. The molecule has 13 heteroatoms. The van der Waals surface area contributed by atoms with E-state index in [0.717, 1.165) is 80.7 Å². The van der Waals surface area contributed by atoms with Crippen LogP contribution >= 0.6 is 34.5 Å². The summed E-state index contributed by atoms with van der Waals surface area (Å²) >= 11 is 13.9. The van der Waals surface area contributed by atoms with Crippen LogP contribution in [0.25, 0.3) is 11.3 Å². The monoisotopic (exact) mass is 736 g/mol. The standard InChI is InChI=1S/C34H40Cl2N4OS.C2HF3O2/c1-39(19-15-26-7-3-2-4-8-26)34-38-33(25-42-34)28-10-12-30(13-11-28)41-22-6-5-18-37-29-16-20-40(21-17-29)24-27-9-14-31(35)32(36)23-27;3-2(4,5)1(6)7/h2-4,7-14,23,25,29,37H,5-6,15-22,24H2,1H3;(H,6,7). The van der Waals surface area contributed by atoms with Crippen LogP contribution < -0.4 is 15.0 Å². The van der Waals surface area contributed by atoms with Gasteiger partial charge in [0.25, 0.3) is 0 Å². The molecular formula is C36H41Cl2F3N4O3S. The number of benzene rings is 3. The number of unbranched alkanes of at least 4 members (excludes halogenated alkanes) is 1. The van der Waals surface area contributed by atoms with E-state index in [1.54, 1.807) is 11.3 Å². The van der Waals surface area contributed by atoms with Gasteiger partial charge in [0, 0.05) is 37.1 Å². The number of carboxylic acid groups (broad SMARTS) is 1.